The van der Waals surface area contributed by atoms with E-state index in [1.54, 1.807) is 6.07 Å². The van der Waals surface area contributed by atoms with Gasteiger partial charge in [0, 0.05) is 17.1 Å². The van der Waals surface area contributed by atoms with Crippen LogP contribution in [0.4, 0.5) is 0 Å². The lowest BCUT2D eigenvalue weighted by atomic mass is 10.1. The summed E-state index contributed by atoms with van der Waals surface area (Å²) in [4.78, 5) is 0.311. The third-order valence-corrected chi connectivity index (χ3v) is 5.96. The van der Waals surface area contributed by atoms with E-state index >= 15 is 0 Å². The molecule has 114 valence electrons. The molecule has 1 aromatic carbocycles. The fraction of sp³-hybridized carbons (Fsp3) is 0.571. The molecule has 0 aliphatic carbocycles. The van der Waals surface area contributed by atoms with E-state index in [4.69, 9.17) is 0 Å². The van der Waals surface area contributed by atoms with Gasteiger partial charge in [-0.3, -0.25) is 0 Å². The molecule has 0 amide bonds. The summed E-state index contributed by atoms with van der Waals surface area (Å²) in [5, 5.41) is 3.04. The number of hydrogen-bond donors (Lipinski definition) is 2. The minimum absolute atomic E-state index is 0.0647. The van der Waals surface area contributed by atoms with Gasteiger partial charge in [-0.1, -0.05) is 19.4 Å². The predicted molar refractivity (Wildman–Crippen MR) is 86.3 cm³/mol. The van der Waals surface area contributed by atoms with Gasteiger partial charge in [0.25, 0.3) is 0 Å². The van der Waals surface area contributed by atoms with Crippen molar-refractivity contribution in [1.29, 1.82) is 0 Å². The Morgan fingerprint density at radius 3 is 2.55 bits per heavy atom. The van der Waals surface area contributed by atoms with E-state index in [1.807, 2.05) is 33.9 Å². The average molecular weight is 363 g/mol. The van der Waals surface area contributed by atoms with Gasteiger partial charge in [0.15, 0.2) is 0 Å². The number of aryl methyl sites for hydroxylation is 1. The van der Waals surface area contributed by atoms with Crippen molar-refractivity contribution in [1.82, 2.24) is 10.0 Å². The zero-order valence-corrected chi connectivity index (χ0v) is 14.9. The summed E-state index contributed by atoms with van der Waals surface area (Å²) in [6.45, 7) is 6.47. The molecule has 1 atom stereocenters. The van der Waals surface area contributed by atoms with Crippen molar-refractivity contribution in [3.8, 4) is 0 Å². The molecule has 0 fully saturated rings. The standard InChI is InChI=1S/C14H23BrN2O2S/c1-5-6-11(3)17-20(18,19)13-8-12(9-16-4)7-10(2)14(13)15/h7-8,11,16-17H,5-6,9H2,1-4H3. The van der Waals surface area contributed by atoms with Crippen LogP contribution in [-0.4, -0.2) is 21.5 Å². The van der Waals surface area contributed by atoms with Crippen molar-refractivity contribution >= 4 is 26.0 Å². The SMILES string of the molecule is CCCC(C)NS(=O)(=O)c1cc(CNC)cc(C)c1Br. The Morgan fingerprint density at radius 1 is 1.35 bits per heavy atom. The molecule has 0 aliphatic heterocycles. The summed E-state index contributed by atoms with van der Waals surface area (Å²) >= 11 is 3.39. The molecule has 0 spiro atoms. The van der Waals surface area contributed by atoms with Crippen LogP contribution >= 0.6 is 15.9 Å². The molecule has 1 unspecified atom stereocenters. The van der Waals surface area contributed by atoms with Crippen molar-refractivity contribution < 1.29 is 8.42 Å². The fourth-order valence-corrected chi connectivity index (χ4v) is 4.48. The number of sulfonamides is 1. The van der Waals surface area contributed by atoms with E-state index in [2.05, 4.69) is 26.0 Å². The highest BCUT2D eigenvalue weighted by Crippen LogP contribution is 2.27. The number of benzene rings is 1. The second-order valence-electron chi connectivity index (χ2n) is 5.07. The molecule has 0 saturated heterocycles. The van der Waals surface area contributed by atoms with Crippen LogP contribution in [0.5, 0.6) is 0 Å². The van der Waals surface area contributed by atoms with Crippen LogP contribution in [0.15, 0.2) is 21.5 Å². The molecular formula is C14H23BrN2O2S. The van der Waals surface area contributed by atoms with Gasteiger partial charge in [0.2, 0.25) is 10.0 Å². The highest BCUT2D eigenvalue weighted by atomic mass is 79.9. The van der Waals surface area contributed by atoms with Crippen LogP contribution in [0.1, 0.15) is 37.8 Å². The molecule has 0 bridgehead atoms. The Balaban J connectivity index is 3.16. The zero-order valence-electron chi connectivity index (χ0n) is 12.5. The number of rotatable bonds is 7. The summed E-state index contributed by atoms with van der Waals surface area (Å²) in [7, 11) is -1.66. The summed E-state index contributed by atoms with van der Waals surface area (Å²) in [5.41, 5.74) is 1.87. The topological polar surface area (TPSA) is 58.2 Å². The molecule has 1 aromatic rings. The van der Waals surface area contributed by atoms with Crippen molar-refractivity contribution in [2.24, 2.45) is 0 Å². The summed E-state index contributed by atoms with van der Waals surface area (Å²) in [5.74, 6) is 0. The number of hydrogen-bond acceptors (Lipinski definition) is 3. The maximum atomic E-state index is 12.5. The predicted octanol–water partition coefficient (Wildman–Crippen LogP) is 2.94. The molecule has 1 rings (SSSR count). The molecule has 0 saturated carbocycles. The highest BCUT2D eigenvalue weighted by molar-refractivity contribution is 9.10. The van der Waals surface area contributed by atoms with E-state index in [-0.39, 0.29) is 6.04 Å². The first-order chi connectivity index (χ1) is 9.31. The van der Waals surface area contributed by atoms with Gasteiger partial charge in [-0.15, -0.1) is 0 Å². The second-order valence-corrected chi connectivity index (χ2v) is 7.54. The molecule has 6 heteroatoms. The van der Waals surface area contributed by atoms with Gasteiger partial charge >= 0.3 is 0 Å². The van der Waals surface area contributed by atoms with E-state index in [0.29, 0.717) is 15.9 Å². The first-order valence-electron chi connectivity index (χ1n) is 6.77. The van der Waals surface area contributed by atoms with Crippen LogP contribution < -0.4 is 10.0 Å². The Kier molecular flexibility index (Phi) is 6.64. The third-order valence-electron chi connectivity index (χ3n) is 3.03. The Morgan fingerprint density at radius 2 is 2.00 bits per heavy atom. The van der Waals surface area contributed by atoms with Crippen LogP contribution in [0, 0.1) is 6.92 Å². The van der Waals surface area contributed by atoms with Crippen molar-refractivity contribution in [2.75, 3.05) is 7.05 Å². The normalized spacial score (nSPS) is 13.4. The fourth-order valence-electron chi connectivity index (χ4n) is 2.13. The largest absolute Gasteiger partial charge is 0.316 e. The van der Waals surface area contributed by atoms with Crippen LogP contribution in [0.2, 0.25) is 0 Å². The van der Waals surface area contributed by atoms with Crippen LogP contribution in [-0.2, 0) is 16.6 Å². The molecule has 4 nitrogen and oxygen atoms in total. The number of halogens is 1. The van der Waals surface area contributed by atoms with Gasteiger partial charge in [0.1, 0.15) is 0 Å². The highest BCUT2D eigenvalue weighted by Gasteiger charge is 2.21. The first-order valence-corrected chi connectivity index (χ1v) is 9.05. The first kappa shape index (κ1) is 17.6. The molecule has 0 aromatic heterocycles. The Hall–Kier alpha value is -0.430. The lowest BCUT2D eigenvalue weighted by Crippen LogP contribution is -2.32. The van der Waals surface area contributed by atoms with Gasteiger partial charge in [-0.25, -0.2) is 13.1 Å². The van der Waals surface area contributed by atoms with E-state index in [9.17, 15) is 8.42 Å². The van der Waals surface area contributed by atoms with Gasteiger partial charge in [-0.05, 0) is 60.4 Å². The second kappa shape index (κ2) is 7.54. The van der Waals surface area contributed by atoms with E-state index < -0.39 is 10.0 Å². The molecule has 20 heavy (non-hydrogen) atoms. The van der Waals surface area contributed by atoms with Gasteiger partial charge in [0.05, 0.1) is 4.90 Å². The molecule has 0 radical (unpaired) electrons. The molecule has 2 N–H and O–H groups in total. The minimum atomic E-state index is -3.50. The monoisotopic (exact) mass is 362 g/mol. The van der Waals surface area contributed by atoms with Gasteiger partial charge in [-0.2, -0.15) is 0 Å². The number of nitrogens with one attached hydrogen (secondary N) is 2. The smallest absolute Gasteiger partial charge is 0.241 e. The maximum Gasteiger partial charge on any atom is 0.241 e. The zero-order chi connectivity index (χ0) is 15.3. The quantitative estimate of drug-likeness (QED) is 0.783. The van der Waals surface area contributed by atoms with Crippen molar-refractivity contribution in [3.63, 3.8) is 0 Å². The van der Waals surface area contributed by atoms with E-state index in [1.165, 1.54) is 0 Å². The van der Waals surface area contributed by atoms with Crippen molar-refractivity contribution in [3.05, 3.63) is 27.7 Å². The summed E-state index contributed by atoms with van der Waals surface area (Å²) in [6, 6.07) is 3.63. The summed E-state index contributed by atoms with van der Waals surface area (Å²) < 4.78 is 28.3. The minimum Gasteiger partial charge on any atom is -0.316 e. The Bertz CT molecular complexity index is 559. The van der Waals surface area contributed by atoms with Crippen LogP contribution in [0.3, 0.4) is 0 Å². The lowest BCUT2D eigenvalue weighted by molar-refractivity contribution is 0.543. The van der Waals surface area contributed by atoms with Crippen LogP contribution in [0.25, 0.3) is 0 Å². The molecule has 0 heterocycles. The third kappa shape index (κ3) is 4.55. The van der Waals surface area contributed by atoms with E-state index in [0.717, 1.165) is 24.0 Å². The average Bonchev–Trinajstić information content (AvgIpc) is 2.33. The molecule has 0 aliphatic rings. The summed E-state index contributed by atoms with van der Waals surface area (Å²) in [6.07, 6.45) is 1.77. The lowest BCUT2D eigenvalue weighted by Gasteiger charge is -2.16. The Labute approximate surface area is 130 Å². The van der Waals surface area contributed by atoms with Crippen molar-refractivity contribution in [2.45, 2.75) is 51.1 Å². The van der Waals surface area contributed by atoms with Gasteiger partial charge < -0.3 is 5.32 Å². The maximum absolute atomic E-state index is 12.5. The molecular weight excluding hydrogens is 340 g/mol.